The number of benzene rings is 2. The van der Waals surface area contributed by atoms with E-state index in [4.69, 9.17) is 16.9 Å². The molecule has 0 heterocycles. The first-order chi connectivity index (χ1) is 9.20. The molecule has 0 saturated heterocycles. The maximum absolute atomic E-state index is 9.19. The van der Waals surface area contributed by atoms with Gasteiger partial charge in [-0.15, -0.1) is 0 Å². The van der Waals surface area contributed by atoms with Crippen LogP contribution in [0.3, 0.4) is 0 Å². The molecule has 0 aliphatic carbocycles. The summed E-state index contributed by atoms with van der Waals surface area (Å²) in [4.78, 5) is 0. The SMILES string of the molecule is N#Cc1c(Cl)cccc1NCCc1ccc(O)cc1. The number of phenols is 1. The summed E-state index contributed by atoms with van der Waals surface area (Å²) in [5.41, 5.74) is 2.33. The van der Waals surface area contributed by atoms with Crippen LogP contribution >= 0.6 is 11.6 Å². The molecule has 0 aliphatic heterocycles. The maximum atomic E-state index is 9.19. The van der Waals surface area contributed by atoms with Crippen LogP contribution in [0, 0.1) is 11.3 Å². The van der Waals surface area contributed by atoms with Crippen molar-refractivity contribution in [3.8, 4) is 11.8 Å². The Bertz CT molecular complexity index is 603. The zero-order valence-corrected chi connectivity index (χ0v) is 11.0. The van der Waals surface area contributed by atoms with Crippen molar-refractivity contribution in [2.24, 2.45) is 0 Å². The normalized spacial score (nSPS) is 9.89. The molecule has 19 heavy (non-hydrogen) atoms. The van der Waals surface area contributed by atoms with Gasteiger partial charge >= 0.3 is 0 Å². The van der Waals surface area contributed by atoms with E-state index in [0.29, 0.717) is 17.1 Å². The molecule has 0 saturated carbocycles. The lowest BCUT2D eigenvalue weighted by atomic mass is 10.1. The average molecular weight is 273 g/mol. The van der Waals surface area contributed by atoms with Gasteiger partial charge in [-0.3, -0.25) is 0 Å². The number of halogens is 1. The molecule has 0 spiro atoms. The molecule has 2 aromatic carbocycles. The largest absolute Gasteiger partial charge is 0.508 e. The Balaban J connectivity index is 1.98. The van der Waals surface area contributed by atoms with Gasteiger partial charge in [-0.1, -0.05) is 29.8 Å². The summed E-state index contributed by atoms with van der Waals surface area (Å²) in [5, 5.41) is 21.9. The van der Waals surface area contributed by atoms with E-state index in [0.717, 1.165) is 17.7 Å². The first kappa shape index (κ1) is 13.3. The van der Waals surface area contributed by atoms with Gasteiger partial charge in [-0.05, 0) is 36.2 Å². The van der Waals surface area contributed by atoms with E-state index in [1.165, 1.54) is 0 Å². The summed E-state index contributed by atoms with van der Waals surface area (Å²) in [6.07, 6.45) is 0.803. The van der Waals surface area contributed by atoms with Crippen LogP contribution in [0.15, 0.2) is 42.5 Å². The lowest BCUT2D eigenvalue weighted by Gasteiger charge is -2.09. The van der Waals surface area contributed by atoms with E-state index in [2.05, 4.69) is 11.4 Å². The second kappa shape index (κ2) is 6.12. The van der Waals surface area contributed by atoms with Gasteiger partial charge in [-0.2, -0.15) is 5.26 Å². The number of hydrogen-bond acceptors (Lipinski definition) is 3. The van der Waals surface area contributed by atoms with Gasteiger partial charge in [0.2, 0.25) is 0 Å². The topological polar surface area (TPSA) is 56.0 Å². The van der Waals surface area contributed by atoms with Gasteiger partial charge in [-0.25, -0.2) is 0 Å². The highest BCUT2D eigenvalue weighted by atomic mass is 35.5. The standard InChI is InChI=1S/C15H13ClN2O/c16-14-2-1-3-15(13(14)10-17)18-9-8-11-4-6-12(19)7-5-11/h1-7,18-19H,8-9H2. The third-order valence-corrected chi connectivity index (χ3v) is 3.11. The molecule has 0 amide bonds. The molecule has 0 radical (unpaired) electrons. The highest BCUT2D eigenvalue weighted by Gasteiger charge is 2.05. The minimum absolute atomic E-state index is 0.262. The van der Waals surface area contributed by atoms with E-state index in [1.54, 1.807) is 18.2 Å². The molecule has 2 rings (SSSR count). The molecule has 4 heteroatoms. The second-order valence-corrected chi connectivity index (χ2v) is 4.52. The van der Waals surface area contributed by atoms with Crippen LogP contribution in [-0.4, -0.2) is 11.7 Å². The van der Waals surface area contributed by atoms with Crippen LogP contribution in [0.2, 0.25) is 5.02 Å². The van der Waals surface area contributed by atoms with Gasteiger partial charge in [0.1, 0.15) is 11.8 Å². The Morgan fingerprint density at radius 1 is 1.16 bits per heavy atom. The van der Waals surface area contributed by atoms with Gasteiger partial charge in [0.05, 0.1) is 16.3 Å². The van der Waals surface area contributed by atoms with E-state index in [-0.39, 0.29) is 5.75 Å². The molecule has 0 bridgehead atoms. The number of aromatic hydroxyl groups is 1. The number of anilines is 1. The fourth-order valence-electron chi connectivity index (χ4n) is 1.79. The minimum atomic E-state index is 0.262. The van der Waals surface area contributed by atoms with Crippen molar-refractivity contribution in [1.82, 2.24) is 0 Å². The fourth-order valence-corrected chi connectivity index (χ4v) is 2.01. The van der Waals surface area contributed by atoms with Crippen molar-refractivity contribution < 1.29 is 5.11 Å². The summed E-state index contributed by atoms with van der Waals surface area (Å²) in [5.74, 6) is 0.262. The highest BCUT2D eigenvalue weighted by Crippen LogP contribution is 2.23. The molecule has 0 unspecified atom stereocenters. The molecule has 0 fully saturated rings. The monoisotopic (exact) mass is 272 g/mol. The van der Waals surface area contributed by atoms with Gasteiger partial charge in [0.25, 0.3) is 0 Å². The lowest BCUT2D eigenvalue weighted by molar-refractivity contribution is 0.475. The number of phenolic OH excluding ortho intramolecular Hbond substituents is 1. The molecule has 0 aliphatic rings. The van der Waals surface area contributed by atoms with E-state index < -0.39 is 0 Å². The molecule has 2 N–H and O–H groups in total. The van der Waals surface area contributed by atoms with Crippen molar-refractivity contribution in [3.63, 3.8) is 0 Å². The van der Waals surface area contributed by atoms with Crippen molar-refractivity contribution >= 4 is 17.3 Å². The van der Waals surface area contributed by atoms with Crippen molar-refractivity contribution in [1.29, 1.82) is 5.26 Å². The fraction of sp³-hybridized carbons (Fsp3) is 0.133. The zero-order chi connectivity index (χ0) is 13.7. The summed E-state index contributed by atoms with van der Waals surface area (Å²) >= 11 is 5.95. The number of rotatable bonds is 4. The van der Waals surface area contributed by atoms with Crippen molar-refractivity contribution in [2.45, 2.75) is 6.42 Å². The number of nitrogens with zero attached hydrogens (tertiary/aromatic N) is 1. The molecule has 2 aromatic rings. The summed E-state index contributed by atoms with van der Waals surface area (Å²) in [7, 11) is 0. The highest BCUT2D eigenvalue weighted by molar-refractivity contribution is 6.32. The average Bonchev–Trinajstić information content (AvgIpc) is 2.41. The summed E-state index contributed by atoms with van der Waals surface area (Å²) in [6.45, 7) is 0.694. The summed E-state index contributed by atoms with van der Waals surface area (Å²) < 4.78 is 0. The van der Waals surface area contributed by atoms with Gasteiger partial charge in [0.15, 0.2) is 0 Å². The number of nitrogens with one attached hydrogen (secondary N) is 1. The van der Waals surface area contributed by atoms with Crippen LogP contribution < -0.4 is 5.32 Å². The Morgan fingerprint density at radius 2 is 1.89 bits per heavy atom. The predicted molar refractivity (Wildman–Crippen MR) is 76.5 cm³/mol. The van der Waals surface area contributed by atoms with Crippen molar-refractivity contribution in [3.05, 3.63) is 58.6 Å². The summed E-state index contributed by atoms with van der Waals surface area (Å²) in [6, 6.07) is 14.5. The zero-order valence-electron chi connectivity index (χ0n) is 10.2. The lowest BCUT2D eigenvalue weighted by Crippen LogP contribution is -2.06. The molecular formula is C15H13ClN2O. The Labute approximate surface area is 117 Å². The molecule has 96 valence electrons. The minimum Gasteiger partial charge on any atom is -0.508 e. The molecule has 0 aromatic heterocycles. The Kier molecular flexibility index (Phi) is 4.27. The van der Waals surface area contributed by atoms with Crippen LogP contribution in [-0.2, 0) is 6.42 Å². The van der Waals surface area contributed by atoms with Crippen LogP contribution in [0.5, 0.6) is 5.75 Å². The van der Waals surface area contributed by atoms with E-state index in [1.807, 2.05) is 24.3 Å². The smallest absolute Gasteiger partial charge is 0.115 e. The first-order valence-electron chi connectivity index (χ1n) is 5.91. The molecule has 0 atom stereocenters. The molecule has 3 nitrogen and oxygen atoms in total. The van der Waals surface area contributed by atoms with Crippen LogP contribution in [0.25, 0.3) is 0 Å². The number of nitriles is 1. The quantitative estimate of drug-likeness (QED) is 0.894. The first-order valence-corrected chi connectivity index (χ1v) is 6.29. The van der Waals surface area contributed by atoms with E-state index >= 15 is 0 Å². The Morgan fingerprint density at radius 3 is 2.58 bits per heavy atom. The third kappa shape index (κ3) is 3.40. The number of hydrogen-bond donors (Lipinski definition) is 2. The predicted octanol–water partition coefficient (Wildman–Crippen LogP) is 3.57. The molecular weight excluding hydrogens is 260 g/mol. The second-order valence-electron chi connectivity index (χ2n) is 4.12. The van der Waals surface area contributed by atoms with Gasteiger partial charge in [0, 0.05) is 6.54 Å². The third-order valence-electron chi connectivity index (χ3n) is 2.79. The van der Waals surface area contributed by atoms with Crippen LogP contribution in [0.1, 0.15) is 11.1 Å². The Hall–Kier alpha value is -2.18. The van der Waals surface area contributed by atoms with Crippen molar-refractivity contribution in [2.75, 3.05) is 11.9 Å². The maximum Gasteiger partial charge on any atom is 0.115 e. The van der Waals surface area contributed by atoms with Crippen LogP contribution in [0.4, 0.5) is 5.69 Å². The van der Waals surface area contributed by atoms with Gasteiger partial charge < -0.3 is 10.4 Å². The van der Waals surface area contributed by atoms with E-state index in [9.17, 15) is 5.11 Å².